The number of carbonyl (C=O) groups is 2. The molecule has 1 aliphatic rings. The van der Waals surface area contributed by atoms with E-state index >= 15 is 0 Å². The molecule has 108 valence electrons. The number of anilines is 1. The van der Waals surface area contributed by atoms with Crippen LogP contribution in [0.25, 0.3) is 0 Å². The van der Waals surface area contributed by atoms with Crippen LogP contribution in [0, 0.1) is 0 Å². The van der Waals surface area contributed by atoms with Crippen molar-refractivity contribution in [3.8, 4) is 0 Å². The predicted molar refractivity (Wildman–Crippen MR) is 76.0 cm³/mol. The van der Waals surface area contributed by atoms with Gasteiger partial charge in [0, 0.05) is 31.6 Å². The van der Waals surface area contributed by atoms with E-state index in [1.54, 1.807) is 11.9 Å². The second-order valence-corrected chi connectivity index (χ2v) is 4.99. The first-order chi connectivity index (χ1) is 10.2. The Kier molecular flexibility index (Phi) is 3.43. The molecular weight excluding hydrogens is 270 g/mol. The van der Waals surface area contributed by atoms with Crippen LogP contribution >= 0.6 is 0 Å². The molecule has 2 heterocycles. The van der Waals surface area contributed by atoms with Gasteiger partial charge in [0.2, 0.25) is 11.7 Å². The van der Waals surface area contributed by atoms with E-state index in [1.165, 1.54) is 12.6 Å². The lowest BCUT2D eigenvalue weighted by molar-refractivity contribution is -0.119. The van der Waals surface area contributed by atoms with Gasteiger partial charge in [-0.1, -0.05) is 18.2 Å². The van der Waals surface area contributed by atoms with E-state index in [1.807, 2.05) is 24.3 Å². The summed E-state index contributed by atoms with van der Waals surface area (Å²) < 4.78 is 4.94. The van der Waals surface area contributed by atoms with Crippen LogP contribution in [0.3, 0.4) is 0 Å². The Morgan fingerprint density at radius 2 is 2.29 bits per heavy atom. The van der Waals surface area contributed by atoms with Gasteiger partial charge in [0.25, 0.3) is 5.91 Å². The lowest BCUT2D eigenvalue weighted by Gasteiger charge is -2.31. The monoisotopic (exact) mass is 285 g/mol. The highest BCUT2D eigenvalue weighted by Gasteiger charge is 2.29. The third kappa shape index (κ3) is 2.52. The Hall–Kier alpha value is -2.63. The maximum atomic E-state index is 12.0. The van der Waals surface area contributed by atoms with Crippen molar-refractivity contribution in [1.82, 2.24) is 10.3 Å². The minimum absolute atomic E-state index is 0.0308. The van der Waals surface area contributed by atoms with Gasteiger partial charge < -0.3 is 14.6 Å². The van der Waals surface area contributed by atoms with Gasteiger partial charge in [0.1, 0.15) is 0 Å². The Bertz CT molecular complexity index is 667. The number of amides is 2. The Morgan fingerprint density at radius 3 is 3.05 bits per heavy atom. The molecule has 1 unspecified atom stereocenters. The predicted octanol–water partition coefficient (Wildman–Crippen LogP) is 1.55. The molecule has 2 aromatic rings. The molecule has 21 heavy (non-hydrogen) atoms. The molecule has 2 amide bonds. The molecule has 0 bridgehead atoms. The summed E-state index contributed by atoms with van der Waals surface area (Å²) in [6, 6.07) is 7.74. The summed E-state index contributed by atoms with van der Waals surface area (Å²) in [7, 11) is 1.77. The molecule has 1 aromatic carbocycles. The van der Waals surface area contributed by atoms with Gasteiger partial charge in [0.15, 0.2) is 6.39 Å². The highest BCUT2D eigenvalue weighted by molar-refractivity contribution is 5.97. The highest BCUT2D eigenvalue weighted by atomic mass is 16.3. The summed E-state index contributed by atoms with van der Waals surface area (Å²) >= 11 is 0. The first-order valence-electron chi connectivity index (χ1n) is 6.69. The average molecular weight is 285 g/mol. The SMILES string of the molecule is CN1C(=O)CC(CNC(=O)c2cnco2)c2ccccc21. The molecule has 1 N–H and O–H groups in total. The van der Waals surface area contributed by atoms with Crippen molar-refractivity contribution in [1.29, 1.82) is 0 Å². The van der Waals surface area contributed by atoms with E-state index in [0.29, 0.717) is 13.0 Å². The number of hydrogen-bond acceptors (Lipinski definition) is 4. The molecular formula is C15H15N3O3. The number of rotatable bonds is 3. The molecule has 1 aromatic heterocycles. The van der Waals surface area contributed by atoms with Crippen molar-refractivity contribution in [2.75, 3.05) is 18.5 Å². The maximum absolute atomic E-state index is 12.0. The van der Waals surface area contributed by atoms with Gasteiger partial charge in [-0.3, -0.25) is 9.59 Å². The largest absolute Gasteiger partial charge is 0.438 e. The second kappa shape index (κ2) is 5.40. The highest BCUT2D eigenvalue weighted by Crippen LogP contribution is 2.34. The number of hydrogen-bond donors (Lipinski definition) is 1. The fraction of sp³-hybridized carbons (Fsp3) is 0.267. The van der Waals surface area contributed by atoms with Crippen LogP contribution < -0.4 is 10.2 Å². The molecule has 0 radical (unpaired) electrons. The summed E-state index contributed by atoms with van der Waals surface area (Å²) in [6.45, 7) is 0.385. The molecule has 1 aliphatic heterocycles. The van der Waals surface area contributed by atoms with Crippen LogP contribution in [0.1, 0.15) is 28.5 Å². The van der Waals surface area contributed by atoms with E-state index in [-0.39, 0.29) is 23.5 Å². The van der Waals surface area contributed by atoms with E-state index in [9.17, 15) is 9.59 Å². The minimum Gasteiger partial charge on any atom is -0.438 e. The summed E-state index contributed by atoms with van der Waals surface area (Å²) in [6.07, 6.45) is 2.95. The normalized spacial score (nSPS) is 17.5. The van der Waals surface area contributed by atoms with Gasteiger partial charge in [-0.15, -0.1) is 0 Å². The van der Waals surface area contributed by atoms with Crippen molar-refractivity contribution >= 4 is 17.5 Å². The standard InChI is InChI=1S/C15H15N3O3/c1-18-12-5-3-2-4-11(12)10(6-14(18)19)7-17-15(20)13-8-16-9-21-13/h2-5,8-10H,6-7H2,1H3,(H,17,20). The summed E-state index contributed by atoms with van der Waals surface area (Å²) in [5.41, 5.74) is 1.96. The molecule has 1 atom stereocenters. The second-order valence-electron chi connectivity index (χ2n) is 4.99. The van der Waals surface area contributed by atoms with E-state index < -0.39 is 0 Å². The minimum atomic E-state index is -0.323. The molecule has 6 nitrogen and oxygen atoms in total. The number of carbonyl (C=O) groups excluding carboxylic acids is 2. The van der Waals surface area contributed by atoms with Crippen molar-refractivity contribution in [3.63, 3.8) is 0 Å². The Morgan fingerprint density at radius 1 is 1.48 bits per heavy atom. The zero-order valence-corrected chi connectivity index (χ0v) is 11.6. The number of para-hydroxylation sites is 1. The summed E-state index contributed by atoms with van der Waals surface area (Å²) in [5, 5.41) is 2.79. The summed E-state index contributed by atoms with van der Waals surface area (Å²) in [5.74, 6) is -0.136. The fourth-order valence-electron chi connectivity index (χ4n) is 2.54. The molecule has 0 aliphatic carbocycles. The van der Waals surface area contributed by atoms with Crippen LogP contribution in [0.5, 0.6) is 0 Å². The van der Waals surface area contributed by atoms with Crippen molar-refractivity contribution in [3.05, 3.63) is 48.2 Å². The average Bonchev–Trinajstić information content (AvgIpc) is 3.03. The zero-order chi connectivity index (χ0) is 14.8. The van der Waals surface area contributed by atoms with Gasteiger partial charge in [-0.2, -0.15) is 0 Å². The maximum Gasteiger partial charge on any atom is 0.288 e. The molecule has 0 saturated heterocycles. The van der Waals surface area contributed by atoms with Crippen molar-refractivity contribution in [2.24, 2.45) is 0 Å². The van der Waals surface area contributed by atoms with Gasteiger partial charge in [-0.05, 0) is 11.6 Å². The number of aromatic nitrogens is 1. The molecule has 0 spiro atoms. The van der Waals surface area contributed by atoms with Crippen LogP contribution in [-0.2, 0) is 4.79 Å². The van der Waals surface area contributed by atoms with Crippen LogP contribution in [-0.4, -0.2) is 30.4 Å². The van der Waals surface area contributed by atoms with E-state index in [4.69, 9.17) is 4.42 Å². The third-order valence-corrected chi connectivity index (χ3v) is 3.70. The number of nitrogens with zero attached hydrogens (tertiary/aromatic N) is 2. The molecule has 6 heteroatoms. The van der Waals surface area contributed by atoms with Crippen LogP contribution in [0.2, 0.25) is 0 Å². The number of nitrogens with one attached hydrogen (secondary N) is 1. The number of oxazole rings is 1. The van der Waals surface area contributed by atoms with Gasteiger partial charge in [-0.25, -0.2) is 4.98 Å². The quantitative estimate of drug-likeness (QED) is 0.928. The van der Waals surface area contributed by atoms with E-state index in [2.05, 4.69) is 10.3 Å². The van der Waals surface area contributed by atoms with Crippen LogP contribution in [0.4, 0.5) is 5.69 Å². The van der Waals surface area contributed by atoms with Gasteiger partial charge >= 0.3 is 0 Å². The van der Waals surface area contributed by atoms with Crippen molar-refractivity contribution < 1.29 is 14.0 Å². The van der Waals surface area contributed by atoms with Gasteiger partial charge in [0.05, 0.1) is 6.20 Å². The Labute approximate surface area is 121 Å². The first kappa shape index (κ1) is 13.4. The number of fused-ring (bicyclic) bond motifs is 1. The third-order valence-electron chi connectivity index (χ3n) is 3.70. The zero-order valence-electron chi connectivity index (χ0n) is 11.6. The number of benzene rings is 1. The smallest absolute Gasteiger partial charge is 0.288 e. The topological polar surface area (TPSA) is 75.4 Å². The lowest BCUT2D eigenvalue weighted by atomic mass is 9.89. The molecule has 0 fully saturated rings. The molecule has 3 rings (SSSR count). The molecule has 0 saturated carbocycles. The van der Waals surface area contributed by atoms with E-state index in [0.717, 1.165) is 11.3 Å². The lowest BCUT2D eigenvalue weighted by Crippen LogP contribution is -2.37. The van der Waals surface area contributed by atoms with Crippen LogP contribution in [0.15, 0.2) is 41.3 Å². The first-order valence-corrected chi connectivity index (χ1v) is 6.69. The fourth-order valence-corrected chi connectivity index (χ4v) is 2.54. The summed E-state index contributed by atoms with van der Waals surface area (Å²) in [4.78, 5) is 29.3. The Balaban J connectivity index is 1.75. The van der Waals surface area contributed by atoms with Crippen molar-refractivity contribution in [2.45, 2.75) is 12.3 Å².